The normalized spacial score (nSPS) is 11.1. The van der Waals surface area contributed by atoms with Crippen LogP contribution in [0.2, 0.25) is 0 Å². The monoisotopic (exact) mass is 290 g/mol. The molecule has 0 aliphatic carbocycles. The van der Waals surface area contributed by atoms with Crippen molar-refractivity contribution in [1.82, 2.24) is 19.8 Å². The molecule has 0 aliphatic rings. The molecule has 0 unspecified atom stereocenters. The summed E-state index contributed by atoms with van der Waals surface area (Å²) in [4.78, 5) is 0. The van der Waals surface area contributed by atoms with E-state index >= 15 is 0 Å². The van der Waals surface area contributed by atoms with E-state index in [1.807, 2.05) is 55.5 Å². The lowest BCUT2D eigenvalue weighted by molar-refractivity contribution is 0.306. The zero-order valence-electron chi connectivity index (χ0n) is 12.1. The maximum absolute atomic E-state index is 5.87. The highest BCUT2D eigenvalue weighted by atomic mass is 16.5. The molecule has 0 radical (unpaired) electrons. The first-order chi connectivity index (χ1) is 10.8. The fraction of sp³-hybridized carbons (Fsp3) is 0.118. The van der Waals surface area contributed by atoms with Gasteiger partial charge in [0.1, 0.15) is 17.9 Å². The quantitative estimate of drug-likeness (QED) is 0.581. The van der Waals surface area contributed by atoms with Gasteiger partial charge in [0.2, 0.25) is 0 Å². The number of hydrogen-bond acceptors (Lipinski definition) is 4. The van der Waals surface area contributed by atoms with Crippen molar-refractivity contribution in [3.05, 3.63) is 65.9 Å². The molecule has 0 N–H and O–H groups in total. The summed E-state index contributed by atoms with van der Waals surface area (Å²) in [5, 5.41) is 12.8. The van der Waals surface area contributed by atoms with E-state index in [2.05, 4.69) is 15.3 Å². The minimum absolute atomic E-state index is 0.534. The van der Waals surface area contributed by atoms with E-state index in [1.54, 1.807) is 10.7 Å². The van der Waals surface area contributed by atoms with Crippen LogP contribution in [0.3, 0.4) is 0 Å². The second kappa shape index (κ2) is 5.11. The van der Waals surface area contributed by atoms with Gasteiger partial charge in [0.15, 0.2) is 5.65 Å². The van der Waals surface area contributed by atoms with Crippen LogP contribution in [0.15, 0.2) is 54.7 Å². The molecule has 108 valence electrons. The smallest absolute Gasteiger partial charge is 0.180 e. The van der Waals surface area contributed by atoms with Crippen LogP contribution in [0.1, 0.15) is 11.1 Å². The van der Waals surface area contributed by atoms with E-state index in [-0.39, 0.29) is 0 Å². The molecule has 0 atom stereocenters. The Hall–Kier alpha value is -2.95. The highest BCUT2D eigenvalue weighted by Gasteiger charge is 2.08. The fourth-order valence-corrected chi connectivity index (χ4v) is 2.41. The van der Waals surface area contributed by atoms with Crippen molar-refractivity contribution in [1.29, 1.82) is 0 Å². The molecule has 2 aromatic carbocycles. The van der Waals surface area contributed by atoms with Gasteiger partial charge in [-0.05, 0) is 24.6 Å². The number of aromatic nitrogens is 4. The summed E-state index contributed by atoms with van der Waals surface area (Å²) in [5.41, 5.74) is 4.60. The Bertz CT molecular complexity index is 947. The number of ether oxygens (including phenoxy) is 1. The van der Waals surface area contributed by atoms with Crippen LogP contribution < -0.4 is 4.74 Å². The molecule has 5 nitrogen and oxygen atoms in total. The zero-order valence-corrected chi connectivity index (χ0v) is 12.1. The summed E-state index contributed by atoms with van der Waals surface area (Å²) < 4.78 is 7.67. The minimum Gasteiger partial charge on any atom is -0.489 e. The van der Waals surface area contributed by atoms with Crippen LogP contribution in [0.25, 0.3) is 16.7 Å². The SMILES string of the molecule is Cc1cnn2c1nnc1ccc(OCc3ccccc3)cc12. The summed E-state index contributed by atoms with van der Waals surface area (Å²) in [5.74, 6) is 0.791. The molecular formula is C17H14N4O. The van der Waals surface area contributed by atoms with Gasteiger partial charge in [-0.3, -0.25) is 0 Å². The van der Waals surface area contributed by atoms with Gasteiger partial charge in [0, 0.05) is 11.6 Å². The van der Waals surface area contributed by atoms with Crippen LogP contribution in [0.5, 0.6) is 5.75 Å². The lowest BCUT2D eigenvalue weighted by atomic mass is 10.2. The molecule has 2 aromatic heterocycles. The summed E-state index contributed by atoms with van der Waals surface area (Å²) in [7, 11) is 0. The van der Waals surface area contributed by atoms with Crippen molar-refractivity contribution < 1.29 is 4.74 Å². The molecule has 0 saturated heterocycles. The summed E-state index contributed by atoms with van der Waals surface area (Å²) in [6.07, 6.45) is 1.79. The van der Waals surface area contributed by atoms with Gasteiger partial charge in [0.05, 0.1) is 11.7 Å². The van der Waals surface area contributed by atoms with Gasteiger partial charge in [-0.2, -0.15) is 5.10 Å². The van der Waals surface area contributed by atoms with Gasteiger partial charge in [-0.15, -0.1) is 10.2 Å². The molecule has 4 rings (SSSR count). The predicted octanol–water partition coefficient (Wildman–Crippen LogP) is 3.16. The second-order valence-electron chi connectivity index (χ2n) is 5.19. The highest BCUT2D eigenvalue weighted by Crippen LogP contribution is 2.21. The molecule has 0 bridgehead atoms. The number of nitrogens with zero attached hydrogens (tertiary/aromatic N) is 4. The Kier molecular flexibility index (Phi) is 2.96. The van der Waals surface area contributed by atoms with Gasteiger partial charge in [-0.1, -0.05) is 30.3 Å². The predicted molar refractivity (Wildman–Crippen MR) is 83.8 cm³/mol. The third-order valence-corrected chi connectivity index (χ3v) is 3.60. The summed E-state index contributed by atoms with van der Waals surface area (Å²) in [6.45, 7) is 2.50. The van der Waals surface area contributed by atoms with Crippen molar-refractivity contribution in [3.8, 4) is 5.75 Å². The van der Waals surface area contributed by atoms with Crippen LogP contribution in [0, 0.1) is 6.92 Å². The molecule has 0 saturated carbocycles. The number of benzene rings is 2. The third kappa shape index (κ3) is 2.16. The van der Waals surface area contributed by atoms with Crippen LogP contribution in [-0.4, -0.2) is 19.8 Å². The maximum atomic E-state index is 5.87. The fourth-order valence-electron chi connectivity index (χ4n) is 2.41. The Morgan fingerprint density at radius 2 is 1.91 bits per heavy atom. The topological polar surface area (TPSA) is 52.3 Å². The van der Waals surface area contributed by atoms with E-state index in [4.69, 9.17) is 4.74 Å². The van der Waals surface area contributed by atoms with Crippen LogP contribution in [-0.2, 0) is 6.61 Å². The lowest BCUT2D eigenvalue weighted by Gasteiger charge is -2.07. The Morgan fingerprint density at radius 1 is 1.05 bits per heavy atom. The Balaban J connectivity index is 1.71. The van der Waals surface area contributed by atoms with Gasteiger partial charge in [-0.25, -0.2) is 4.52 Å². The highest BCUT2D eigenvalue weighted by molar-refractivity contribution is 5.78. The average Bonchev–Trinajstić information content (AvgIpc) is 2.95. The van der Waals surface area contributed by atoms with Crippen molar-refractivity contribution >= 4 is 16.7 Å². The van der Waals surface area contributed by atoms with Gasteiger partial charge >= 0.3 is 0 Å². The zero-order chi connectivity index (χ0) is 14.9. The molecule has 4 aromatic rings. The summed E-state index contributed by atoms with van der Waals surface area (Å²) >= 11 is 0. The molecular weight excluding hydrogens is 276 g/mol. The van der Waals surface area contributed by atoms with Crippen LogP contribution in [0.4, 0.5) is 0 Å². The molecule has 22 heavy (non-hydrogen) atoms. The number of fused-ring (bicyclic) bond motifs is 3. The van der Waals surface area contributed by atoms with E-state index in [0.29, 0.717) is 6.61 Å². The standard InChI is InChI=1S/C17H14N4O/c1-12-10-18-21-16-9-14(7-8-15(16)19-20-17(12)21)22-11-13-5-3-2-4-6-13/h2-10H,11H2,1H3. The van der Waals surface area contributed by atoms with Crippen molar-refractivity contribution in [2.45, 2.75) is 13.5 Å². The largest absolute Gasteiger partial charge is 0.489 e. The van der Waals surface area contributed by atoms with E-state index in [9.17, 15) is 0 Å². The van der Waals surface area contributed by atoms with Crippen molar-refractivity contribution in [2.75, 3.05) is 0 Å². The first-order valence-electron chi connectivity index (χ1n) is 7.09. The average molecular weight is 290 g/mol. The van der Waals surface area contributed by atoms with E-state index in [0.717, 1.165) is 33.6 Å². The van der Waals surface area contributed by atoms with Crippen molar-refractivity contribution in [3.63, 3.8) is 0 Å². The second-order valence-corrected chi connectivity index (χ2v) is 5.19. The number of aryl methyl sites for hydroxylation is 1. The molecule has 0 amide bonds. The van der Waals surface area contributed by atoms with E-state index in [1.165, 1.54) is 0 Å². The number of hydrogen-bond donors (Lipinski definition) is 0. The third-order valence-electron chi connectivity index (χ3n) is 3.60. The first-order valence-corrected chi connectivity index (χ1v) is 7.09. The number of rotatable bonds is 3. The van der Waals surface area contributed by atoms with Gasteiger partial charge < -0.3 is 4.74 Å². The van der Waals surface area contributed by atoms with Crippen molar-refractivity contribution in [2.24, 2.45) is 0 Å². The van der Waals surface area contributed by atoms with Crippen LogP contribution >= 0.6 is 0 Å². The Labute approximate surface area is 127 Å². The molecule has 0 spiro atoms. The lowest BCUT2D eigenvalue weighted by Crippen LogP contribution is -1.99. The minimum atomic E-state index is 0.534. The van der Waals surface area contributed by atoms with E-state index < -0.39 is 0 Å². The maximum Gasteiger partial charge on any atom is 0.180 e. The molecule has 5 heteroatoms. The molecule has 2 heterocycles. The molecule has 0 fully saturated rings. The first kappa shape index (κ1) is 12.8. The molecule has 0 aliphatic heterocycles. The van der Waals surface area contributed by atoms with Gasteiger partial charge in [0.25, 0.3) is 0 Å². The summed E-state index contributed by atoms with van der Waals surface area (Å²) in [6, 6.07) is 15.8. The Morgan fingerprint density at radius 3 is 2.77 bits per heavy atom.